The van der Waals surface area contributed by atoms with Crippen molar-refractivity contribution in [3.8, 4) is 0 Å². The summed E-state index contributed by atoms with van der Waals surface area (Å²) in [6.45, 7) is 1.08. The number of hydrogen-bond acceptors (Lipinski definition) is 4. The van der Waals surface area contributed by atoms with Crippen molar-refractivity contribution >= 4 is 16.8 Å². The fourth-order valence-electron chi connectivity index (χ4n) is 4.09. The van der Waals surface area contributed by atoms with E-state index in [1.807, 2.05) is 0 Å². The van der Waals surface area contributed by atoms with E-state index >= 15 is 0 Å². The van der Waals surface area contributed by atoms with Gasteiger partial charge in [-0.25, -0.2) is 4.79 Å². The number of fused-ring (bicyclic) bond motifs is 2. The second-order valence-corrected chi connectivity index (χ2v) is 6.83. The molecule has 7 nitrogen and oxygen atoms in total. The molecule has 2 aliphatic rings. The Labute approximate surface area is 138 Å². The predicted octanol–water partition coefficient (Wildman–Crippen LogP) is -0.114. The number of carbonyl (C=O) groups is 1. The molecule has 24 heavy (non-hydrogen) atoms. The van der Waals surface area contributed by atoms with E-state index in [0.717, 1.165) is 17.4 Å². The van der Waals surface area contributed by atoms with Crippen LogP contribution in [0.2, 0.25) is 0 Å². The lowest BCUT2D eigenvalue weighted by Crippen LogP contribution is -2.42. The first-order valence-corrected chi connectivity index (χ1v) is 8.30. The van der Waals surface area contributed by atoms with Crippen LogP contribution in [0.25, 0.3) is 10.9 Å². The Morgan fingerprint density at radius 2 is 2.00 bits per heavy atom. The molecule has 1 aliphatic heterocycles. The van der Waals surface area contributed by atoms with Crippen LogP contribution in [0.1, 0.15) is 12.8 Å². The molecule has 1 aliphatic carbocycles. The molecule has 0 radical (unpaired) electrons. The van der Waals surface area contributed by atoms with Crippen LogP contribution < -0.4 is 17.0 Å². The van der Waals surface area contributed by atoms with Gasteiger partial charge in [-0.05, 0) is 36.8 Å². The van der Waals surface area contributed by atoms with Gasteiger partial charge in [0.05, 0.1) is 10.9 Å². The highest BCUT2D eigenvalue weighted by atomic mass is 16.2. The summed E-state index contributed by atoms with van der Waals surface area (Å²) >= 11 is 0. The standard InChI is InChI=1S/C17H20N4O3/c18-13-6-5-10-7-20(8-12(10)13)15(22)9-21-16(23)11-3-1-2-4-14(11)19-17(21)24/h1-4,10,12-13H,5-9,18H2,(H,19,24). The smallest absolute Gasteiger partial charge is 0.329 e. The Morgan fingerprint density at radius 1 is 1.21 bits per heavy atom. The van der Waals surface area contributed by atoms with Gasteiger partial charge in [-0.3, -0.25) is 14.2 Å². The van der Waals surface area contributed by atoms with Crippen LogP contribution in [-0.2, 0) is 11.3 Å². The lowest BCUT2D eigenvalue weighted by Gasteiger charge is -2.19. The molecule has 1 aromatic carbocycles. The van der Waals surface area contributed by atoms with Crippen molar-refractivity contribution in [1.29, 1.82) is 0 Å². The summed E-state index contributed by atoms with van der Waals surface area (Å²) in [5.41, 5.74) is 5.60. The summed E-state index contributed by atoms with van der Waals surface area (Å²) in [5, 5.41) is 0.408. The van der Waals surface area contributed by atoms with Crippen molar-refractivity contribution in [3.63, 3.8) is 0 Å². The molecule has 1 amide bonds. The lowest BCUT2D eigenvalue weighted by atomic mass is 9.98. The second kappa shape index (κ2) is 5.59. The van der Waals surface area contributed by atoms with Crippen molar-refractivity contribution in [2.24, 2.45) is 17.6 Å². The molecule has 0 bridgehead atoms. The molecule has 0 spiro atoms. The molecular weight excluding hydrogens is 308 g/mol. The molecule has 2 aromatic rings. The van der Waals surface area contributed by atoms with Crippen LogP contribution in [-0.4, -0.2) is 39.5 Å². The van der Waals surface area contributed by atoms with Crippen LogP contribution in [0.5, 0.6) is 0 Å². The zero-order valence-electron chi connectivity index (χ0n) is 13.3. The predicted molar refractivity (Wildman–Crippen MR) is 89.6 cm³/mol. The Kier molecular flexibility index (Phi) is 3.53. The maximum Gasteiger partial charge on any atom is 0.329 e. The van der Waals surface area contributed by atoms with Crippen LogP contribution in [0.4, 0.5) is 0 Å². The zero-order chi connectivity index (χ0) is 16.8. The number of rotatable bonds is 2. The number of aromatic amines is 1. The number of nitrogens with one attached hydrogen (secondary N) is 1. The molecule has 2 heterocycles. The van der Waals surface area contributed by atoms with E-state index in [0.29, 0.717) is 35.8 Å². The van der Waals surface area contributed by atoms with Gasteiger partial charge in [-0.15, -0.1) is 0 Å². The van der Waals surface area contributed by atoms with Crippen LogP contribution >= 0.6 is 0 Å². The molecule has 3 unspecified atom stereocenters. The number of likely N-dealkylation sites (tertiary alicyclic amines) is 1. The third-order valence-corrected chi connectivity index (χ3v) is 5.45. The average molecular weight is 328 g/mol. The number of carbonyl (C=O) groups excluding carboxylic acids is 1. The molecule has 1 aromatic heterocycles. The minimum Gasteiger partial charge on any atom is -0.341 e. The second-order valence-electron chi connectivity index (χ2n) is 6.83. The highest BCUT2D eigenvalue weighted by Crippen LogP contribution is 2.37. The maximum atomic E-state index is 12.6. The molecule has 126 valence electrons. The van der Waals surface area contributed by atoms with E-state index in [4.69, 9.17) is 5.73 Å². The van der Waals surface area contributed by atoms with Gasteiger partial charge in [0.2, 0.25) is 5.91 Å². The van der Waals surface area contributed by atoms with E-state index in [9.17, 15) is 14.4 Å². The van der Waals surface area contributed by atoms with Crippen LogP contribution in [0.3, 0.4) is 0 Å². The largest absolute Gasteiger partial charge is 0.341 e. The summed E-state index contributed by atoms with van der Waals surface area (Å²) in [6.07, 6.45) is 2.06. The fraction of sp³-hybridized carbons (Fsp3) is 0.471. The Bertz CT molecular complexity index is 916. The number of nitrogens with two attached hydrogens (primary N) is 1. The van der Waals surface area contributed by atoms with Gasteiger partial charge in [0.1, 0.15) is 6.54 Å². The SMILES string of the molecule is NC1CCC2CN(C(=O)Cn3c(=O)[nH]c4ccccc4c3=O)CC12. The molecule has 2 fully saturated rings. The minimum atomic E-state index is -0.553. The van der Waals surface area contributed by atoms with Gasteiger partial charge in [-0.1, -0.05) is 12.1 Å². The Hall–Kier alpha value is -2.41. The molecule has 4 rings (SSSR count). The number of aromatic nitrogens is 2. The summed E-state index contributed by atoms with van der Waals surface area (Å²) < 4.78 is 0.985. The van der Waals surface area contributed by atoms with Gasteiger partial charge in [0.15, 0.2) is 0 Å². The molecule has 3 atom stereocenters. The van der Waals surface area contributed by atoms with Crippen molar-refractivity contribution in [3.05, 3.63) is 45.1 Å². The zero-order valence-corrected chi connectivity index (χ0v) is 13.3. The maximum absolute atomic E-state index is 12.6. The quantitative estimate of drug-likeness (QED) is 0.803. The Morgan fingerprint density at radius 3 is 2.79 bits per heavy atom. The molecule has 7 heteroatoms. The van der Waals surface area contributed by atoms with Crippen molar-refractivity contribution < 1.29 is 4.79 Å². The van der Waals surface area contributed by atoms with Crippen LogP contribution in [0, 0.1) is 11.8 Å². The van der Waals surface area contributed by atoms with E-state index in [1.54, 1.807) is 29.2 Å². The van der Waals surface area contributed by atoms with Gasteiger partial charge in [0, 0.05) is 19.1 Å². The number of hydrogen-bond donors (Lipinski definition) is 2. The lowest BCUT2D eigenvalue weighted by molar-refractivity contribution is -0.131. The topological polar surface area (TPSA) is 101 Å². The number of benzene rings is 1. The first kappa shape index (κ1) is 15.1. The third-order valence-electron chi connectivity index (χ3n) is 5.45. The van der Waals surface area contributed by atoms with E-state index in [1.165, 1.54) is 0 Å². The van der Waals surface area contributed by atoms with Crippen molar-refractivity contribution in [2.75, 3.05) is 13.1 Å². The average Bonchev–Trinajstić information content (AvgIpc) is 3.14. The first-order chi connectivity index (χ1) is 11.5. The van der Waals surface area contributed by atoms with Gasteiger partial charge in [0.25, 0.3) is 5.56 Å². The van der Waals surface area contributed by atoms with E-state index < -0.39 is 11.2 Å². The number of H-pyrrole nitrogens is 1. The summed E-state index contributed by atoms with van der Waals surface area (Å²) in [4.78, 5) is 41.6. The van der Waals surface area contributed by atoms with Gasteiger partial charge >= 0.3 is 5.69 Å². The molecule has 3 N–H and O–H groups in total. The number of nitrogens with zero attached hydrogens (tertiary/aromatic N) is 2. The normalized spacial score (nSPS) is 26.0. The van der Waals surface area contributed by atoms with E-state index in [-0.39, 0.29) is 18.5 Å². The summed E-state index contributed by atoms with van der Waals surface area (Å²) in [7, 11) is 0. The molecule has 1 saturated carbocycles. The monoisotopic (exact) mass is 328 g/mol. The van der Waals surface area contributed by atoms with Crippen LogP contribution in [0.15, 0.2) is 33.9 Å². The van der Waals surface area contributed by atoms with Gasteiger partial charge < -0.3 is 15.6 Å². The minimum absolute atomic E-state index is 0.152. The number of amides is 1. The Balaban J connectivity index is 1.60. The molecular formula is C17H20N4O3. The van der Waals surface area contributed by atoms with Crippen molar-refractivity contribution in [1.82, 2.24) is 14.5 Å². The van der Waals surface area contributed by atoms with Crippen molar-refractivity contribution in [2.45, 2.75) is 25.4 Å². The number of para-hydroxylation sites is 1. The van der Waals surface area contributed by atoms with Gasteiger partial charge in [-0.2, -0.15) is 0 Å². The fourth-order valence-corrected chi connectivity index (χ4v) is 4.09. The third kappa shape index (κ3) is 2.36. The highest BCUT2D eigenvalue weighted by molar-refractivity contribution is 5.79. The van der Waals surface area contributed by atoms with E-state index in [2.05, 4.69) is 4.98 Å². The highest BCUT2D eigenvalue weighted by Gasteiger charge is 2.42. The molecule has 1 saturated heterocycles. The summed E-state index contributed by atoms with van der Waals surface area (Å²) in [6, 6.07) is 6.96. The first-order valence-electron chi connectivity index (χ1n) is 8.30. The summed E-state index contributed by atoms with van der Waals surface area (Å²) in [5.74, 6) is 0.607.